The van der Waals surface area contributed by atoms with Gasteiger partial charge in [0.15, 0.2) is 0 Å². The summed E-state index contributed by atoms with van der Waals surface area (Å²) in [7, 11) is 3.40. The summed E-state index contributed by atoms with van der Waals surface area (Å²) < 4.78 is 15.2. The van der Waals surface area contributed by atoms with Crippen LogP contribution in [-0.4, -0.2) is 53.2 Å². The Morgan fingerprint density at radius 3 is 2.43 bits per heavy atom. The van der Waals surface area contributed by atoms with Crippen LogP contribution in [0, 0.1) is 0 Å². The molecule has 0 rings (SSSR count). The molecule has 4 heteroatoms. The molecule has 1 unspecified atom stereocenters. The van der Waals surface area contributed by atoms with E-state index in [1.54, 1.807) is 14.2 Å². The quantitative estimate of drug-likeness (QED) is 0.532. The Bertz CT molecular complexity index is 112. The SMILES string of the molecule is CCC(COC)NCCOCCOC. The second-order valence-electron chi connectivity index (χ2n) is 3.12. The molecule has 0 saturated carbocycles. The molecular formula is C10H23NO3. The van der Waals surface area contributed by atoms with Crippen molar-refractivity contribution >= 4 is 0 Å². The Hall–Kier alpha value is -0.160. The van der Waals surface area contributed by atoms with E-state index in [0.717, 1.165) is 26.2 Å². The topological polar surface area (TPSA) is 39.7 Å². The van der Waals surface area contributed by atoms with Crippen LogP contribution < -0.4 is 5.32 Å². The van der Waals surface area contributed by atoms with Crippen molar-refractivity contribution in [1.29, 1.82) is 0 Å². The van der Waals surface area contributed by atoms with Crippen molar-refractivity contribution in [2.75, 3.05) is 47.2 Å². The molecule has 0 aromatic rings. The second kappa shape index (κ2) is 10.9. The summed E-state index contributed by atoms with van der Waals surface area (Å²) in [5, 5.41) is 3.36. The lowest BCUT2D eigenvalue weighted by Gasteiger charge is -2.15. The predicted octanol–water partition coefficient (Wildman–Crippen LogP) is 0.664. The number of rotatable bonds is 10. The van der Waals surface area contributed by atoms with Gasteiger partial charge in [-0.05, 0) is 6.42 Å². The fourth-order valence-electron chi connectivity index (χ4n) is 1.10. The Balaban J connectivity index is 3.15. The molecule has 4 nitrogen and oxygen atoms in total. The fourth-order valence-corrected chi connectivity index (χ4v) is 1.10. The van der Waals surface area contributed by atoms with Gasteiger partial charge in [0.2, 0.25) is 0 Å². The highest BCUT2D eigenvalue weighted by Gasteiger charge is 2.03. The van der Waals surface area contributed by atoms with E-state index >= 15 is 0 Å². The lowest BCUT2D eigenvalue weighted by atomic mass is 10.2. The van der Waals surface area contributed by atoms with Crippen LogP contribution in [0.5, 0.6) is 0 Å². The van der Waals surface area contributed by atoms with Gasteiger partial charge < -0.3 is 19.5 Å². The monoisotopic (exact) mass is 205 g/mol. The van der Waals surface area contributed by atoms with Crippen LogP contribution in [-0.2, 0) is 14.2 Å². The fraction of sp³-hybridized carbons (Fsp3) is 1.00. The Morgan fingerprint density at radius 1 is 1.07 bits per heavy atom. The molecule has 0 fully saturated rings. The average Bonchev–Trinajstić information content (AvgIpc) is 2.21. The van der Waals surface area contributed by atoms with Crippen LogP contribution in [0.4, 0.5) is 0 Å². The van der Waals surface area contributed by atoms with E-state index in [1.807, 2.05) is 0 Å². The molecule has 1 N–H and O–H groups in total. The second-order valence-corrected chi connectivity index (χ2v) is 3.12. The molecular weight excluding hydrogens is 182 g/mol. The minimum Gasteiger partial charge on any atom is -0.383 e. The van der Waals surface area contributed by atoms with Gasteiger partial charge >= 0.3 is 0 Å². The van der Waals surface area contributed by atoms with Gasteiger partial charge in [-0.25, -0.2) is 0 Å². The highest BCUT2D eigenvalue weighted by Crippen LogP contribution is 1.90. The predicted molar refractivity (Wildman–Crippen MR) is 56.7 cm³/mol. The molecule has 0 radical (unpaired) electrons. The highest BCUT2D eigenvalue weighted by molar-refractivity contribution is 4.62. The third-order valence-electron chi connectivity index (χ3n) is 1.97. The van der Waals surface area contributed by atoms with Crippen molar-refractivity contribution in [1.82, 2.24) is 5.32 Å². The molecule has 0 aliphatic carbocycles. The maximum Gasteiger partial charge on any atom is 0.0700 e. The van der Waals surface area contributed by atoms with Gasteiger partial charge in [0.1, 0.15) is 0 Å². The maximum absolute atomic E-state index is 5.32. The van der Waals surface area contributed by atoms with E-state index in [4.69, 9.17) is 14.2 Å². The highest BCUT2D eigenvalue weighted by atomic mass is 16.5. The first-order chi connectivity index (χ1) is 6.85. The first kappa shape index (κ1) is 13.8. The normalized spacial score (nSPS) is 13.1. The molecule has 14 heavy (non-hydrogen) atoms. The van der Waals surface area contributed by atoms with Gasteiger partial charge in [0.25, 0.3) is 0 Å². The number of nitrogens with one attached hydrogen (secondary N) is 1. The summed E-state index contributed by atoms with van der Waals surface area (Å²) in [5.74, 6) is 0. The summed E-state index contributed by atoms with van der Waals surface area (Å²) in [6.07, 6.45) is 1.08. The summed E-state index contributed by atoms with van der Waals surface area (Å²) in [6, 6.07) is 0.436. The minimum atomic E-state index is 0.436. The smallest absolute Gasteiger partial charge is 0.0700 e. The number of ether oxygens (including phenoxy) is 3. The molecule has 0 aliphatic rings. The summed E-state index contributed by atoms with van der Waals surface area (Å²) in [6.45, 7) is 5.82. The lowest BCUT2D eigenvalue weighted by molar-refractivity contribution is 0.0690. The van der Waals surface area contributed by atoms with Gasteiger partial charge in [-0.3, -0.25) is 0 Å². The van der Waals surface area contributed by atoms with Crippen molar-refractivity contribution in [3.05, 3.63) is 0 Å². The van der Waals surface area contributed by atoms with E-state index < -0.39 is 0 Å². The van der Waals surface area contributed by atoms with E-state index in [0.29, 0.717) is 19.3 Å². The number of hydrogen-bond acceptors (Lipinski definition) is 4. The van der Waals surface area contributed by atoms with E-state index in [-0.39, 0.29) is 0 Å². The maximum atomic E-state index is 5.32. The Kier molecular flexibility index (Phi) is 10.8. The first-order valence-corrected chi connectivity index (χ1v) is 5.14. The van der Waals surface area contributed by atoms with Crippen molar-refractivity contribution < 1.29 is 14.2 Å². The zero-order valence-electron chi connectivity index (χ0n) is 9.54. The third-order valence-corrected chi connectivity index (χ3v) is 1.97. The largest absolute Gasteiger partial charge is 0.383 e. The Labute approximate surface area is 86.9 Å². The van der Waals surface area contributed by atoms with Crippen LogP contribution in [0.3, 0.4) is 0 Å². The molecule has 0 spiro atoms. The molecule has 1 atom stereocenters. The molecule has 0 bridgehead atoms. The average molecular weight is 205 g/mol. The van der Waals surface area contributed by atoms with Gasteiger partial charge in [-0.1, -0.05) is 6.92 Å². The van der Waals surface area contributed by atoms with Gasteiger partial charge in [0.05, 0.1) is 26.4 Å². The molecule has 0 saturated heterocycles. The van der Waals surface area contributed by atoms with Gasteiger partial charge in [0, 0.05) is 26.8 Å². The zero-order chi connectivity index (χ0) is 10.6. The van der Waals surface area contributed by atoms with Crippen molar-refractivity contribution in [3.63, 3.8) is 0 Å². The summed E-state index contributed by atoms with van der Waals surface area (Å²) in [5.41, 5.74) is 0. The van der Waals surface area contributed by atoms with Crippen LogP contribution >= 0.6 is 0 Å². The van der Waals surface area contributed by atoms with Gasteiger partial charge in [-0.2, -0.15) is 0 Å². The van der Waals surface area contributed by atoms with Gasteiger partial charge in [-0.15, -0.1) is 0 Å². The summed E-state index contributed by atoms with van der Waals surface area (Å²) in [4.78, 5) is 0. The lowest BCUT2D eigenvalue weighted by Crippen LogP contribution is -2.35. The first-order valence-electron chi connectivity index (χ1n) is 5.14. The molecule has 0 aliphatic heterocycles. The zero-order valence-corrected chi connectivity index (χ0v) is 9.54. The summed E-state index contributed by atoms with van der Waals surface area (Å²) >= 11 is 0. The van der Waals surface area contributed by atoms with E-state index in [1.165, 1.54) is 0 Å². The van der Waals surface area contributed by atoms with Crippen LogP contribution in [0.2, 0.25) is 0 Å². The van der Waals surface area contributed by atoms with E-state index in [2.05, 4.69) is 12.2 Å². The van der Waals surface area contributed by atoms with Crippen molar-refractivity contribution in [2.45, 2.75) is 19.4 Å². The van der Waals surface area contributed by atoms with Crippen LogP contribution in [0.1, 0.15) is 13.3 Å². The van der Waals surface area contributed by atoms with E-state index in [9.17, 15) is 0 Å². The third kappa shape index (κ3) is 8.44. The van der Waals surface area contributed by atoms with Crippen molar-refractivity contribution in [2.24, 2.45) is 0 Å². The molecule has 0 aromatic carbocycles. The standard InChI is InChI=1S/C10H23NO3/c1-4-10(9-13-3)11-5-6-14-8-7-12-2/h10-11H,4-9H2,1-3H3. The number of methoxy groups -OCH3 is 2. The van der Waals surface area contributed by atoms with Crippen molar-refractivity contribution in [3.8, 4) is 0 Å². The number of hydrogen-bond donors (Lipinski definition) is 1. The van der Waals surface area contributed by atoms with Crippen LogP contribution in [0.25, 0.3) is 0 Å². The molecule has 0 aromatic heterocycles. The molecule has 0 heterocycles. The molecule has 0 amide bonds. The minimum absolute atomic E-state index is 0.436. The molecule has 86 valence electrons. The van der Waals surface area contributed by atoms with Crippen LogP contribution in [0.15, 0.2) is 0 Å². The Morgan fingerprint density at radius 2 is 1.86 bits per heavy atom.